The average molecular weight is 284 g/mol. The lowest BCUT2D eigenvalue weighted by Gasteiger charge is -2.47. The minimum absolute atomic E-state index is 0.358. The SMILES string of the molecule is CN(C)C1(CNCc2cn[nH]c2-c2ccccc2)CCC1. The Morgan fingerprint density at radius 1 is 1.24 bits per heavy atom. The summed E-state index contributed by atoms with van der Waals surface area (Å²) in [5.74, 6) is 0. The summed E-state index contributed by atoms with van der Waals surface area (Å²) < 4.78 is 0. The van der Waals surface area contributed by atoms with Gasteiger partial charge in [-0.25, -0.2) is 0 Å². The zero-order chi connectivity index (χ0) is 14.7. The summed E-state index contributed by atoms with van der Waals surface area (Å²) in [5, 5.41) is 10.9. The minimum atomic E-state index is 0.358. The molecule has 1 aromatic heterocycles. The quantitative estimate of drug-likeness (QED) is 0.857. The van der Waals surface area contributed by atoms with Gasteiger partial charge in [0.2, 0.25) is 0 Å². The molecule has 4 nitrogen and oxygen atoms in total. The van der Waals surface area contributed by atoms with Gasteiger partial charge >= 0.3 is 0 Å². The maximum atomic E-state index is 4.21. The van der Waals surface area contributed by atoms with Crippen molar-refractivity contribution in [1.29, 1.82) is 0 Å². The van der Waals surface area contributed by atoms with E-state index < -0.39 is 0 Å². The molecule has 3 rings (SSSR count). The lowest BCUT2D eigenvalue weighted by molar-refractivity contribution is 0.0598. The van der Waals surface area contributed by atoms with Gasteiger partial charge in [0.25, 0.3) is 0 Å². The van der Waals surface area contributed by atoms with Gasteiger partial charge in [-0.05, 0) is 38.9 Å². The van der Waals surface area contributed by atoms with Crippen molar-refractivity contribution in [3.05, 3.63) is 42.1 Å². The van der Waals surface area contributed by atoms with E-state index in [9.17, 15) is 0 Å². The second-order valence-corrected chi connectivity index (χ2v) is 6.21. The number of aromatic amines is 1. The molecule has 1 saturated carbocycles. The monoisotopic (exact) mass is 284 g/mol. The number of hydrogen-bond donors (Lipinski definition) is 2. The molecule has 1 aliphatic carbocycles. The van der Waals surface area contributed by atoms with Gasteiger partial charge in [-0.2, -0.15) is 5.10 Å². The number of rotatable bonds is 6. The van der Waals surface area contributed by atoms with Crippen LogP contribution in [0.25, 0.3) is 11.3 Å². The molecule has 1 aliphatic rings. The largest absolute Gasteiger partial charge is 0.311 e. The molecule has 0 atom stereocenters. The van der Waals surface area contributed by atoms with Gasteiger partial charge in [0.05, 0.1) is 11.9 Å². The number of hydrogen-bond acceptors (Lipinski definition) is 3. The molecule has 0 bridgehead atoms. The Morgan fingerprint density at radius 3 is 2.62 bits per heavy atom. The van der Waals surface area contributed by atoms with E-state index in [-0.39, 0.29) is 0 Å². The van der Waals surface area contributed by atoms with Crippen LogP contribution in [0.4, 0.5) is 0 Å². The van der Waals surface area contributed by atoms with Crippen molar-refractivity contribution in [2.24, 2.45) is 0 Å². The van der Waals surface area contributed by atoms with Gasteiger partial charge < -0.3 is 10.2 Å². The Balaban J connectivity index is 1.63. The van der Waals surface area contributed by atoms with Crippen molar-refractivity contribution >= 4 is 0 Å². The van der Waals surface area contributed by atoms with Crippen LogP contribution < -0.4 is 5.32 Å². The van der Waals surface area contributed by atoms with E-state index in [2.05, 4.69) is 58.8 Å². The van der Waals surface area contributed by atoms with Crippen LogP contribution in [0.3, 0.4) is 0 Å². The highest BCUT2D eigenvalue weighted by Crippen LogP contribution is 2.35. The Kier molecular flexibility index (Phi) is 4.08. The number of nitrogens with one attached hydrogen (secondary N) is 2. The highest BCUT2D eigenvalue weighted by molar-refractivity contribution is 5.62. The summed E-state index contributed by atoms with van der Waals surface area (Å²) in [6.07, 6.45) is 5.87. The van der Waals surface area contributed by atoms with Crippen molar-refractivity contribution < 1.29 is 0 Å². The molecule has 0 unspecified atom stereocenters. The van der Waals surface area contributed by atoms with Crippen molar-refractivity contribution in [3.63, 3.8) is 0 Å². The summed E-state index contributed by atoms with van der Waals surface area (Å²) in [5.41, 5.74) is 3.90. The lowest BCUT2D eigenvalue weighted by atomic mass is 9.75. The summed E-state index contributed by atoms with van der Waals surface area (Å²) in [6.45, 7) is 1.90. The maximum Gasteiger partial charge on any atom is 0.0695 e. The van der Waals surface area contributed by atoms with Crippen LogP contribution in [0.1, 0.15) is 24.8 Å². The van der Waals surface area contributed by atoms with E-state index in [0.29, 0.717) is 5.54 Å². The van der Waals surface area contributed by atoms with E-state index >= 15 is 0 Å². The topological polar surface area (TPSA) is 44.0 Å². The van der Waals surface area contributed by atoms with Crippen molar-refractivity contribution in [3.8, 4) is 11.3 Å². The molecule has 1 fully saturated rings. The Morgan fingerprint density at radius 2 is 2.00 bits per heavy atom. The predicted molar refractivity (Wildman–Crippen MR) is 86.0 cm³/mol. The third-order valence-electron chi connectivity index (χ3n) is 4.78. The highest BCUT2D eigenvalue weighted by Gasteiger charge is 2.38. The Labute approximate surface area is 126 Å². The van der Waals surface area contributed by atoms with Gasteiger partial charge in [0.1, 0.15) is 0 Å². The van der Waals surface area contributed by atoms with E-state index in [1.807, 2.05) is 12.3 Å². The molecular formula is C17H24N4. The first-order valence-electron chi connectivity index (χ1n) is 7.67. The first kappa shape index (κ1) is 14.3. The zero-order valence-corrected chi connectivity index (χ0v) is 12.9. The van der Waals surface area contributed by atoms with Crippen LogP contribution >= 0.6 is 0 Å². The molecule has 2 aromatic rings. The fourth-order valence-corrected chi connectivity index (χ4v) is 3.10. The molecule has 0 aliphatic heterocycles. The third-order valence-corrected chi connectivity index (χ3v) is 4.78. The highest BCUT2D eigenvalue weighted by atomic mass is 15.2. The number of nitrogens with zero attached hydrogens (tertiary/aromatic N) is 2. The molecule has 0 amide bonds. The van der Waals surface area contributed by atoms with Gasteiger partial charge in [-0.15, -0.1) is 0 Å². The molecule has 0 radical (unpaired) electrons. The van der Waals surface area contributed by atoms with Crippen molar-refractivity contribution in [2.45, 2.75) is 31.3 Å². The Hall–Kier alpha value is -1.65. The minimum Gasteiger partial charge on any atom is -0.311 e. The number of aromatic nitrogens is 2. The first-order chi connectivity index (χ1) is 10.2. The summed E-state index contributed by atoms with van der Waals surface area (Å²) in [4.78, 5) is 2.37. The zero-order valence-electron chi connectivity index (χ0n) is 12.9. The molecule has 21 heavy (non-hydrogen) atoms. The number of benzene rings is 1. The van der Waals surface area contributed by atoms with Crippen LogP contribution in [0.15, 0.2) is 36.5 Å². The summed E-state index contributed by atoms with van der Waals surface area (Å²) >= 11 is 0. The fourth-order valence-electron chi connectivity index (χ4n) is 3.10. The molecule has 4 heteroatoms. The smallest absolute Gasteiger partial charge is 0.0695 e. The van der Waals surface area contributed by atoms with Gasteiger partial charge in [-0.3, -0.25) is 5.10 Å². The molecule has 0 saturated heterocycles. The lowest BCUT2D eigenvalue weighted by Crippen LogP contribution is -2.56. The van der Waals surface area contributed by atoms with Crippen LogP contribution in [-0.4, -0.2) is 41.3 Å². The molecule has 112 valence electrons. The van der Waals surface area contributed by atoms with E-state index in [4.69, 9.17) is 0 Å². The van der Waals surface area contributed by atoms with Crippen LogP contribution in [0.2, 0.25) is 0 Å². The van der Waals surface area contributed by atoms with Crippen molar-refractivity contribution in [1.82, 2.24) is 20.4 Å². The standard InChI is InChI=1S/C17H24N4/c1-21(2)17(9-6-10-17)13-18-11-15-12-19-20-16(15)14-7-4-3-5-8-14/h3-5,7-8,12,18H,6,9-11,13H2,1-2H3,(H,19,20). The molecule has 1 aromatic carbocycles. The normalized spacial score (nSPS) is 16.9. The van der Waals surface area contributed by atoms with Crippen molar-refractivity contribution in [2.75, 3.05) is 20.6 Å². The number of H-pyrrole nitrogens is 1. The van der Waals surface area contributed by atoms with E-state index in [1.54, 1.807) is 0 Å². The van der Waals surface area contributed by atoms with Crippen LogP contribution in [0.5, 0.6) is 0 Å². The van der Waals surface area contributed by atoms with Crippen LogP contribution in [0, 0.1) is 0 Å². The van der Waals surface area contributed by atoms with E-state index in [1.165, 1.54) is 30.4 Å². The fraction of sp³-hybridized carbons (Fsp3) is 0.471. The number of likely N-dealkylation sites (N-methyl/N-ethyl adjacent to an activating group) is 1. The average Bonchev–Trinajstić information content (AvgIpc) is 2.90. The summed E-state index contributed by atoms with van der Waals surface area (Å²) in [7, 11) is 4.38. The van der Waals surface area contributed by atoms with Gasteiger partial charge in [0.15, 0.2) is 0 Å². The molecule has 2 N–H and O–H groups in total. The van der Waals surface area contributed by atoms with Gasteiger partial charge in [0, 0.05) is 24.2 Å². The molecule has 0 spiro atoms. The summed E-state index contributed by atoms with van der Waals surface area (Å²) in [6, 6.07) is 10.4. The maximum absolute atomic E-state index is 4.21. The Bertz CT molecular complexity index is 569. The second-order valence-electron chi connectivity index (χ2n) is 6.21. The van der Waals surface area contributed by atoms with E-state index in [0.717, 1.165) is 18.8 Å². The predicted octanol–water partition coefficient (Wildman–Crippen LogP) is 2.65. The van der Waals surface area contributed by atoms with Gasteiger partial charge in [-0.1, -0.05) is 30.3 Å². The van der Waals surface area contributed by atoms with Crippen LogP contribution in [-0.2, 0) is 6.54 Å². The third kappa shape index (κ3) is 2.87. The first-order valence-corrected chi connectivity index (χ1v) is 7.67. The molecule has 1 heterocycles. The second kappa shape index (κ2) is 6.00. The molecular weight excluding hydrogens is 260 g/mol.